The molecule has 3 amide bonds. The van der Waals surface area contributed by atoms with E-state index in [4.69, 9.17) is 4.74 Å². The molecule has 0 aliphatic carbocycles. The SMILES string of the molecule is COc1ccc2[nH]c3c(c2c1)CC1(C)C(=O)N(CCN2CCN(C)CC2)C(=O)N1C3c1cccc(O)c1. The highest BCUT2D eigenvalue weighted by Crippen LogP contribution is 2.49. The lowest BCUT2D eigenvalue weighted by Crippen LogP contribution is -2.53. The summed E-state index contributed by atoms with van der Waals surface area (Å²) in [6.07, 6.45) is 0.403. The van der Waals surface area contributed by atoms with Gasteiger partial charge in [0.05, 0.1) is 7.11 Å². The van der Waals surface area contributed by atoms with Crippen LogP contribution in [0.3, 0.4) is 0 Å². The van der Waals surface area contributed by atoms with Crippen LogP contribution in [0.2, 0.25) is 0 Å². The summed E-state index contributed by atoms with van der Waals surface area (Å²) < 4.78 is 5.48. The van der Waals surface area contributed by atoms with Gasteiger partial charge >= 0.3 is 6.03 Å². The number of aromatic nitrogens is 1. The number of H-pyrrole nitrogens is 1. The first kappa shape index (κ1) is 23.8. The first-order valence-electron chi connectivity index (χ1n) is 12.8. The van der Waals surface area contributed by atoms with Crippen molar-refractivity contribution in [2.24, 2.45) is 0 Å². The number of carbonyl (C=O) groups is 2. The Balaban J connectivity index is 1.42. The number of nitrogens with one attached hydrogen (secondary N) is 1. The van der Waals surface area contributed by atoms with E-state index >= 15 is 0 Å². The predicted molar refractivity (Wildman–Crippen MR) is 140 cm³/mol. The molecule has 6 rings (SSSR count). The van der Waals surface area contributed by atoms with E-state index in [1.54, 1.807) is 30.2 Å². The van der Waals surface area contributed by atoms with Crippen LogP contribution in [0.4, 0.5) is 4.79 Å². The smallest absolute Gasteiger partial charge is 0.328 e. The molecule has 3 aliphatic rings. The van der Waals surface area contributed by atoms with Gasteiger partial charge < -0.3 is 19.7 Å². The molecule has 9 nitrogen and oxygen atoms in total. The van der Waals surface area contributed by atoms with Gasteiger partial charge in [0, 0.05) is 62.3 Å². The molecule has 2 N–H and O–H groups in total. The number of ether oxygens (including phenoxy) is 1. The minimum atomic E-state index is -1.04. The van der Waals surface area contributed by atoms with E-state index in [0.29, 0.717) is 19.5 Å². The van der Waals surface area contributed by atoms with E-state index in [0.717, 1.165) is 59.7 Å². The molecular formula is C28H33N5O4. The summed E-state index contributed by atoms with van der Waals surface area (Å²) in [5, 5.41) is 11.3. The van der Waals surface area contributed by atoms with Gasteiger partial charge in [0.2, 0.25) is 0 Å². The average Bonchev–Trinajstić information content (AvgIpc) is 3.33. The van der Waals surface area contributed by atoms with Crippen molar-refractivity contribution in [2.45, 2.75) is 24.9 Å². The Morgan fingerprint density at radius 1 is 1.08 bits per heavy atom. The van der Waals surface area contributed by atoms with Gasteiger partial charge in [-0.1, -0.05) is 12.1 Å². The molecule has 0 bridgehead atoms. The number of aromatic hydroxyl groups is 1. The van der Waals surface area contributed by atoms with Gasteiger partial charge in [0.15, 0.2) is 0 Å². The first-order valence-corrected chi connectivity index (χ1v) is 12.8. The van der Waals surface area contributed by atoms with Gasteiger partial charge in [0.25, 0.3) is 5.91 Å². The Bertz CT molecular complexity index is 1380. The zero-order valence-corrected chi connectivity index (χ0v) is 21.5. The van der Waals surface area contributed by atoms with Crippen molar-refractivity contribution in [3.8, 4) is 11.5 Å². The van der Waals surface area contributed by atoms with Gasteiger partial charge in [-0.05, 0) is 55.4 Å². The molecule has 9 heteroatoms. The fraction of sp³-hybridized carbons (Fsp3) is 0.429. The fourth-order valence-corrected chi connectivity index (χ4v) is 6.17. The number of imide groups is 1. The lowest BCUT2D eigenvalue weighted by atomic mass is 9.81. The largest absolute Gasteiger partial charge is 0.508 e. The maximum Gasteiger partial charge on any atom is 0.328 e. The molecule has 194 valence electrons. The van der Waals surface area contributed by atoms with Crippen molar-refractivity contribution in [2.75, 3.05) is 53.4 Å². The van der Waals surface area contributed by atoms with Crippen LogP contribution in [-0.4, -0.2) is 101 Å². The van der Waals surface area contributed by atoms with Gasteiger partial charge in [0.1, 0.15) is 23.1 Å². The second-order valence-corrected chi connectivity index (χ2v) is 10.6. The standard InChI is InChI=1S/C28H33N5O4/c1-28-17-22-21-16-20(37-3)7-8-23(21)29-24(22)25(18-5-4-6-19(34)15-18)33(28)27(36)32(26(28)35)14-13-31-11-9-30(2)10-12-31/h4-8,15-16,25,29,34H,9-14,17H2,1-3H3. The lowest BCUT2D eigenvalue weighted by Gasteiger charge is -2.42. The molecule has 4 heterocycles. The number of phenolic OH excluding ortho intramolecular Hbond substituents is 1. The molecule has 0 radical (unpaired) electrons. The Morgan fingerprint density at radius 3 is 2.59 bits per heavy atom. The normalized spacial score (nSPS) is 24.6. The zero-order chi connectivity index (χ0) is 25.9. The molecule has 3 aliphatic heterocycles. The predicted octanol–water partition coefficient (Wildman–Crippen LogP) is 2.80. The summed E-state index contributed by atoms with van der Waals surface area (Å²) >= 11 is 0. The number of carbonyl (C=O) groups excluding carboxylic acids is 2. The van der Waals surface area contributed by atoms with Crippen LogP contribution in [0.1, 0.15) is 29.8 Å². The van der Waals surface area contributed by atoms with Gasteiger partial charge in [-0.3, -0.25) is 19.5 Å². The van der Waals surface area contributed by atoms with Gasteiger partial charge in [-0.25, -0.2) is 4.79 Å². The van der Waals surface area contributed by atoms with Crippen LogP contribution in [0, 0.1) is 0 Å². The molecule has 0 saturated carbocycles. The van der Waals surface area contributed by atoms with Crippen molar-refractivity contribution in [1.29, 1.82) is 0 Å². The number of piperazine rings is 1. The van der Waals surface area contributed by atoms with E-state index in [-0.39, 0.29) is 17.7 Å². The maximum atomic E-state index is 14.0. The minimum absolute atomic E-state index is 0.119. The summed E-state index contributed by atoms with van der Waals surface area (Å²) in [4.78, 5) is 39.3. The molecule has 2 saturated heterocycles. The molecule has 3 aromatic rings. The second-order valence-electron chi connectivity index (χ2n) is 10.6. The first-order chi connectivity index (χ1) is 17.8. The third-order valence-electron chi connectivity index (χ3n) is 8.30. The average molecular weight is 504 g/mol. The highest BCUT2D eigenvalue weighted by Gasteiger charge is 2.60. The van der Waals surface area contributed by atoms with Crippen molar-refractivity contribution < 1.29 is 19.4 Å². The quantitative estimate of drug-likeness (QED) is 0.521. The van der Waals surface area contributed by atoms with E-state index < -0.39 is 11.6 Å². The van der Waals surface area contributed by atoms with Crippen LogP contribution >= 0.6 is 0 Å². The number of rotatable bonds is 5. The third kappa shape index (κ3) is 3.76. The number of amides is 3. The topological polar surface area (TPSA) is 92.4 Å². The number of phenols is 1. The summed E-state index contributed by atoms with van der Waals surface area (Å²) in [5.74, 6) is 0.687. The number of urea groups is 1. The van der Waals surface area contributed by atoms with Crippen LogP contribution in [0.5, 0.6) is 11.5 Å². The number of hydrogen-bond donors (Lipinski definition) is 2. The monoisotopic (exact) mass is 503 g/mol. The molecule has 0 spiro atoms. The molecule has 2 fully saturated rings. The summed E-state index contributed by atoms with van der Waals surface area (Å²) in [6.45, 7) is 6.73. The second kappa shape index (κ2) is 8.78. The third-order valence-corrected chi connectivity index (χ3v) is 8.30. The van der Waals surface area contributed by atoms with Crippen molar-refractivity contribution in [3.05, 3.63) is 59.3 Å². The number of aromatic amines is 1. The van der Waals surface area contributed by atoms with Crippen molar-refractivity contribution in [1.82, 2.24) is 24.6 Å². The van der Waals surface area contributed by atoms with Crippen molar-refractivity contribution in [3.63, 3.8) is 0 Å². The number of methoxy groups -OCH3 is 1. The number of fused-ring (bicyclic) bond motifs is 4. The van der Waals surface area contributed by atoms with E-state index in [1.165, 1.54) is 4.90 Å². The number of nitrogens with zero attached hydrogens (tertiary/aromatic N) is 4. The number of likely N-dealkylation sites (N-methyl/N-ethyl adjacent to an activating group) is 1. The fourth-order valence-electron chi connectivity index (χ4n) is 6.17. The highest BCUT2D eigenvalue weighted by atomic mass is 16.5. The van der Waals surface area contributed by atoms with Crippen molar-refractivity contribution >= 4 is 22.8 Å². The van der Waals surface area contributed by atoms with Gasteiger partial charge in [-0.2, -0.15) is 0 Å². The van der Waals surface area contributed by atoms with E-state index in [9.17, 15) is 14.7 Å². The molecule has 2 atom stereocenters. The molecular weight excluding hydrogens is 470 g/mol. The van der Waals surface area contributed by atoms with Crippen LogP contribution in [-0.2, 0) is 11.2 Å². The number of benzene rings is 2. The molecule has 37 heavy (non-hydrogen) atoms. The van der Waals surface area contributed by atoms with Gasteiger partial charge in [-0.15, -0.1) is 0 Å². The Kier molecular flexibility index (Phi) is 5.65. The summed E-state index contributed by atoms with van der Waals surface area (Å²) in [7, 11) is 3.75. The Labute approximate surface area is 216 Å². The Hall–Kier alpha value is -3.56. The summed E-state index contributed by atoms with van der Waals surface area (Å²) in [6, 6.07) is 12.0. The van der Waals surface area contributed by atoms with Crippen LogP contribution in [0.25, 0.3) is 10.9 Å². The summed E-state index contributed by atoms with van der Waals surface area (Å²) in [5.41, 5.74) is 2.51. The zero-order valence-electron chi connectivity index (χ0n) is 21.5. The molecule has 1 aromatic heterocycles. The Morgan fingerprint density at radius 2 is 1.86 bits per heavy atom. The molecule has 2 aromatic carbocycles. The number of hydrogen-bond acceptors (Lipinski definition) is 6. The van der Waals surface area contributed by atoms with E-state index in [2.05, 4.69) is 21.8 Å². The lowest BCUT2D eigenvalue weighted by molar-refractivity contribution is -0.133. The molecule has 2 unspecified atom stereocenters. The van der Waals surface area contributed by atoms with Crippen LogP contribution in [0.15, 0.2) is 42.5 Å². The van der Waals surface area contributed by atoms with E-state index in [1.807, 2.05) is 31.2 Å². The highest BCUT2D eigenvalue weighted by molar-refractivity contribution is 6.08. The minimum Gasteiger partial charge on any atom is -0.508 e. The maximum absolute atomic E-state index is 14.0. The van der Waals surface area contributed by atoms with Crippen LogP contribution < -0.4 is 4.74 Å².